The SMILES string of the molecule is CC(C)N1CCC(c2cc3c(cc2F)C=C(C(=O)c2cnn(-c4ccc(Oc5ccccc5Cl)cc4)c2N)C3)CC1. The summed E-state index contributed by atoms with van der Waals surface area (Å²) in [5.74, 6) is 1.22. The van der Waals surface area contributed by atoms with Gasteiger partial charge in [-0.15, -0.1) is 0 Å². The Morgan fingerprint density at radius 1 is 1.10 bits per heavy atom. The molecule has 6 rings (SSSR count). The molecule has 1 aliphatic carbocycles. The number of anilines is 1. The van der Waals surface area contributed by atoms with Crippen LogP contribution in [0.1, 0.15) is 59.7 Å². The number of rotatable bonds is 7. The number of ether oxygens (including phenoxy) is 1. The van der Waals surface area contributed by atoms with Crippen molar-refractivity contribution in [3.63, 3.8) is 0 Å². The van der Waals surface area contributed by atoms with Crippen molar-refractivity contribution in [1.29, 1.82) is 0 Å². The Hall–Kier alpha value is -3.94. The molecule has 0 bridgehead atoms. The zero-order valence-corrected chi connectivity index (χ0v) is 23.9. The topological polar surface area (TPSA) is 73.4 Å². The predicted molar refractivity (Wildman–Crippen MR) is 161 cm³/mol. The van der Waals surface area contributed by atoms with Gasteiger partial charge in [0.15, 0.2) is 5.78 Å². The summed E-state index contributed by atoms with van der Waals surface area (Å²) < 4.78 is 22.6. The molecule has 0 amide bonds. The zero-order chi connectivity index (χ0) is 28.7. The number of hydrogen-bond donors (Lipinski definition) is 1. The van der Waals surface area contributed by atoms with Crippen molar-refractivity contribution in [2.45, 2.75) is 45.1 Å². The molecule has 3 aromatic carbocycles. The van der Waals surface area contributed by atoms with Gasteiger partial charge in [0.2, 0.25) is 0 Å². The highest BCUT2D eigenvalue weighted by Gasteiger charge is 2.28. The molecular weight excluding hydrogens is 539 g/mol. The van der Waals surface area contributed by atoms with E-state index < -0.39 is 0 Å². The maximum Gasteiger partial charge on any atom is 0.194 e. The Labute approximate surface area is 244 Å². The molecule has 2 heterocycles. The summed E-state index contributed by atoms with van der Waals surface area (Å²) in [4.78, 5) is 15.9. The van der Waals surface area contributed by atoms with Crippen LogP contribution in [0.15, 0.2) is 72.4 Å². The number of allylic oxidation sites excluding steroid dienone is 1. The number of hydrogen-bond acceptors (Lipinski definition) is 5. The summed E-state index contributed by atoms with van der Waals surface area (Å²) in [6, 6.07) is 18.5. The van der Waals surface area contributed by atoms with Crippen molar-refractivity contribution in [3.05, 3.63) is 106 Å². The fourth-order valence-electron chi connectivity index (χ4n) is 5.79. The Balaban J connectivity index is 1.16. The molecule has 8 heteroatoms. The number of benzene rings is 3. The molecule has 0 saturated carbocycles. The molecule has 6 nitrogen and oxygen atoms in total. The summed E-state index contributed by atoms with van der Waals surface area (Å²) in [6.45, 7) is 6.35. The first kappa shape index (κ1) is 27.2. The third kappa shape index (κ3) is 5.39. The molecule has 0 spiro atoms. The minimum atomic E-state index is -0.198. The molecule has 2 N–H and O–H groups in total. The fourth-order valence-corrected chi connectivity index (χ4v) is 5.97. The number of nitrogens with two attached hydrogens (primary N) is 1. The second-order valence-electron chi connectivity index (χ2n) is 11.0. The van der Waals surface area contributed by atoms with Crippen LogP contribution in [0.5, 0.6) is 11.5 Å². The van der Waals surface area contributed by atoms with E-state index in [0.29, 0.717) is 45.8 Å². The lowest BCUT2D eigenvalue weighted by Crippen LogP contribution is -2.38. The van der Waals surface area contributed by atoms with E-state index in [1.54, 1.807) is 36.4 Å². The number of piperidine rings is 1. The Morgan fingerprint density at radius 2 is 1.83 bits per heavy atom. The van der Waals surface area contributed by atoms with Crippen LogP contribution in [0, 0.1) is 5.82 Å². The molecule has 0 unspecified atom stereocenters. The average molecular weight is 571 g/mol. The summed E-state index contributed by atoms with van der Waals surface area (Å²) in [6.07, 6.45) is 5.60. The van der Waals surface area contributed by atoms with Gasteiger partial charge in [0, 0.05) is 18.0 Å². The average Bonchev–Trinajstić information content (AvgIpc) is 3.57. The van der Waals surface area contributed by atoms with E-state index >= 15 is 4.39 Å². The zero-order valence-electron chi connectivity index (χ0n) is 23.1. The molecule has 2 aliphatic rings. The Morgan fingerprint density at radius 3 is 2.54 bits per heavy atom. The highest BCUT2D eigenvalue weighted by molar-refractivity contribution is 6.32. The second kappa shape index (κ2) is 11.1. The van der Waals surface area contributed by atoms with Crippen LogP contribution < -0.4 is 10.5 Å². The van der Waals surface area contributed by atoms with Gasteiger partial charge in [-0.25, -0.2) is 9.07 Å². The number of Topliss-reactive ketones (excluding diaryl/α,β-unsaturated/α-hetero) is 1. The van der Waals surface area contributed by atoms with E-state index in [0.717, 1.165) is 42.6 Å². The highest BCUT2D eigenvalue weighted by atomic mass is 35.5. The van der Waals surface area contributed by atoms with Crippen molar-refractivity contribution < 1.29 is 13.9 Å². The van der Waals surface area contributed by atoms with Crippen LogP contribution >= 0.6 is 11.6 Å². The maximum atomic E-state index is 15.2. The van der Waals surface area contributed by atoms with Gasteiger partial charge in [0.1, 0.15) is 23.1 Å². The van der Waals surface area contributed by atoms with E-state index in [4.69, 9.17) is 22.1 Å². The number of carbonyl (C=O) groups excluding carboxylic acids is 1. The number of likely N-dealkylation sites (tertiary alicyclic amines) is 1. The largest absolute Gasteiger partial charge is 0.456 e. The number of para-hydroxylation sites is 1. The summed E-state index contributed by atoms with van der Waals surface area (Å²) in [5.41, 5.74) is 10.5. The summed E-state index contributed by atoms with van der Waals surface area (Å²) in [5, 5.41) is 4.90. The van der Waals surface area contributed by atoms with Crippen molar-refractivity contribution >= 4 is 29.3 Å². The normalized spacial score (nSPS) is 15.7. The molecule has 1 aromatic heterocycles. The van der Waals surface area contributed by atoms with Crippen molar-refractivity contribution in [3.8, 4) is 17.2 Å². The van der Waals surface area contributed by atoms with Crippen molar-refractivity contribution in [2.75, 3.05) is 18.8 Å². The third-order valence-electron chi connectivity index (χ3n) is 8.16. The smallest absolute Gasteiger partial charge is 0.194 e. The first-order chi connectivity index (χ1) is 19.8. The fraction of sp³-hybridized carbons (Fsp3) is 0.273. The second-order valence-corrected chi connectivity index (χ2v) is 11.4. The van der Waals surface area contributed by atoms with Gasteiger partial charge in [-0.2, -0.15) is 5.10 Å². The third-order valence-corrected chi connectivity index (χ3v) is 8.47. The number of aromatic nitrogens is 2. The molecular formula is C33H32ClFN4O2. The Bertz CT molecular complexity index is 1640. The van der Waals surface area contributed by atoms with Crippen LogP contribution in [0.4, 0.5) is 10.2 Å². The lowest BCUT2D eigenvalue weighted by atomic mass is 9.87. The first-order valence-corrected chi connectivity index (χ1v) is 14.3. The standard InChI is InChI=1S/C33H32ClFN4O2/c1-20(2)38-13-11-21(12-14-38)27-17-22-15-24(16-23(22)18-30(27)35)32(40)28-19-37-39(33(28)36)25-7-9-26(10-8-25)41-31-6-4-3-5-29(31)34/h3-10,16-21H,11-15,36H2,1-2H3. The molecule has 1 fully saturated rings. The van der Waals surface area contributed by atoms with Gasteiger partial charge in [0.05, 0.1) is 22.5 Å². The molecule has 4 aromatic rings. The maximum absolute atomic E-state index is 15.2. The number of ketones is 1. The Kier molecular flexibility index (Phi) is 7.41. The lowest BCUT2D eigenvalue weighted by molar-refractivity contribution is 0.103. The number of halogens is 2. The van der Waals surface area contributed by atoms with E-state index in [9.17, 15) is 4.79 Å². The van der Waals surface area contributed by atoms with Gasteiger partial charge >= 0.3 is 0 Å². The van der Waals surface area contributed by atoms with Crippen molar-refractivity contribution in [2.24, 2.45) is 0 Å². The van der Waals surface area contributed by atoms with Gasteiger partial charge < -0.3 is 15.4 Å². The number of fused-ring (bicyclic) bond motifs is 1. The van der Waals surface area contributed by atoms with Gasteiger partial charge in [-0.1, -0.05) is 29.8 Å². The van der Waals surface area contributed by atoms with Crippen LogP contribution in [0.25, 0.3) is 11.8 Å². The van der Waals surface area contributed by atoms with Gasteiger partial charge in [-0.3, -0.25) is 4.79 Å². The summed E-state index contributed by atoms with van der Waals surface area (Å²) in [7, 11) is 0. The number of nitrogens with zero attached hydrogens (tertiary/aromatic N) is 3. The molecule has 1 aliphatic heterocycles. The monoisotopic (exact) mass is 570 g/mol. The van der Waals surface area contributed by atoms with E-state index in [-0.39, 0.29) is 23.3 Å². The van der Waals surface area contributed by atoms with Crippen LogP contribution in [0.2, 0.25) is 5.02 Å². The number of carbonyl (C=O) groups is 1. The minimum absolute atomic E-state index is 0.189. The van der Waals surface area contributed by atoms with E-state index in [1.165, 1.54) is 10.9 Å². The molecule has 0 atom stereocenters. The van der Waals surface area contributed by atoms with Crippen LogP contribution in [-0.4, -0.2) is 39.6 Å². The van der Waals surface area contributed by atoms with Crippen LogP contribution in [-0.2, 0) is 6.42 Å². The quantitative estimate of drug-likeness (QED) is 0.234. The van der Waals surface area contributed by atoms with E-state index in [1.807, 2.05) is 30.3 Å². The first-order valence-electron chi connectivity index (χ1n) is 14.0. The lowest BCUT2D eigenvalue weighted by Gasteiger charge is -2.35. The van der Waals surface area contributed by atoms with Crippen molar-refractivity contribution in [1.82, 2.24) is 14.7 Å². The molecule has 210 valence electrons. The molecule has 41 heavy (non-hydrogen) atoms. The van der Waals surface area contributed by atoms with E-state index in [2.05, 4.69) is 23.8 Å². The molecule has 1 saturated heterocycles. The van der Waals surface area contributed by atoms with Gasteiger partial charge in [-0.05, 0) is 111 Å². The molecule has 0 radical (unpaired) electrons. The van der Waals surface area contributed by atoms with Gasteiger partial charge in [0.25, 0.3) is 0 Å². The highest BCUT2D eigenvalue weighted by Crippen LogP contribution is 2.36. The minimum Gasteiger partial charge on any atom is -0.456 e. The summed E-state index contributed by atoms with van der Waals surface area (Å²) >= 11 is 6.19. The predicted octanol–water partition coefficient (Wildman–Crippen LogP) is 7.45. The number of nitrogen functional groups attached to an aromatic ring is 1. The van der Waals surface area contributed by atoms with Crippen LogP contribution in [0.3, 0.4) is 0 Å².